The van der Waals surface area contributed by atoms with Crippen LogP contribution in [-0.2, 0) is 9.53 Å². The van der Waals surface area contributed by atoms with Crippen molar-refractivity contribution < 1.29 is 14.6 Å². The van der Waals surface area contributed by atoms with Crippen molar-refractivity contribution in [3.05, 3.63) is 0 Å². The fraction of sp³-hybridized carbons (Fsp3) is 0.875. The standard InChI is InChI=1S/C8H17NO3/c1-4-5-9-6-8(2,11)7(10)12-3/h9,11H,4-6H2,1-3H3. The third-order valence-corrected chi connectivity index (χ3v) is 1.52. The quantitative estimate of drug-likeness (QED) is 0.453. The van der Waals surface area contributed by atoms with Crippen molar-refractivity contribution in [1.29, 1.82) is 0 Å². The van der Waals surface area contributed by atoms with E-state index in [9.17, 15) is 9.90 Å². The van der Waals surface area contributed by atoms with Gasteiger partial charge in [0.15, 0.2) is 5.60 Å². The molecule has 0 saturated carbocycles. The molecule has 0 aromatic heterocycles. The number of ether oxygens (including phenoxy) is 1. The van der Waals surface area contributed by atoms with Gasteiger partial charge < -0.3 is 15.2 Å². The molecule has 1 atom stereocenters. The number of esters is 1. The van der Waals surface area contributed by atoms with E-state index in [-0.39, 0.29) is 6.54 Å². The molecule has 0 aromatic rings. The Balaban J connectivity index is 3.78. The summed E-state index contributed by atoms with van der Waals surface area (Å²) in [7, 11) is 1.26. The van der Waals surface area contributed by atoms with Crippen LogP contribution < -0.4 is 5.32 Å². The fourth-order valence-electron chi connectivity index (χ4n) is 0.801. The lowest BCUT2D eigenvalue weighted by molar-refractivity contribution is -0.159. The summed E-state index contributed by atoms with van der Waals surface area (Å²) in [5, 5.41) is 12.4. The predicted octanol–water partition coefficient (Wildman–Crippen LogP) is -0.0900. The zero-order chi connectivity index (χ0) is 9.61. The number of hydrogen-bond donors (Lipinski definition) is 2. The van der Waals surface area contributed by atoms with E-state index in [4.69, 9.17) is 0 Å². The molecule has 4 nitrogen and oxygen atoms in total. The molecule has 0 bridgehead atoms. The van der Waals surface area contributed by atoms with Crippen LogP contribution in [0.15, 0.2) is 0 Å². The number of carbonyl (C=O) groups excluding carboxylic acids is 1. The Labute approximate surface area is 72.9 Å². The van der Waals surface area contributed by atoms with Crippen LogP contribution >= 0.6 is 0 Å². The molecule has 0 aromatic carbocycles. The first-order valence-electron chi connectivity index (χ1n) is 4.06. The van der Waals surface area contributed by atoms with Crippen molar-refractivity contribution >= 4 is 5.97 Å². The van der Waals surface area contributed by atoms with Gasteiger partial charge in [-0.2, -0.15) is 0 Å². The van der Waals surface area contributed by atoms with Crippen LogP contribution in [0.1, 0.15) is 20.3 Å². The Kier molecular flexibility index (Phi) is 4.85. The van der Waals surface area contributed by atoms with Gasteiger partial charge in [0, 0.05) is 6.54 Å². The fourth-order valence-corrected chi connectivity index (χ4v) is 0.801. The largest absolute Gasteiger partial charge is 0.467 e. The summed E-state index contributed by atoms with van der Waals surface area (Å²) in [6, 6.07) is 0. The van der Waals surface area contributed by atoms with Gasteiger partial charge in [-0.05, 0) is 19.9 Å². The number of hydrogen-bond acceptors (Lipinski definition) is 4. The summed E-state index contributed by atoms with van der Waals surface area (Å²) in [6.45, 7) is 4.46. The molecule has 12 heavy (non-hydrogen) atoms. The highest BCUT2D eigenvalue weighted by Crippen LogP contribution is 2.03. The first-order chi connectivity index (χ1) is 5.54. The minimum Gasteiger partial charge on any atom is -0.467 e. The third-order valence-electron chi connectivity index (χ3n) is 1.52. The van der Waals surface area contributed by atoms with E-state index < -0.39 is 11.6 Å². The Morgan fingerprint density at radius 3 is 2.67 bits per heavy atom. The number of nitrogens with one attached hydrogen (secondary N) is 1. The van der Waals surface area contributed by atoms with Gasteiger partial charge in [0.05, 0.1) is 7.11 Å². The number of methoxy groups -OCH3 is 1. The van der Waals surface area contributed by atoms with E-state index in [2.05, 4.69) is 10.1 Å². The minimum absolute atomic E-state index is 0.230. The van der Waals surface area contributed by atoms with Gasteiger partial charge in [0.25, 0.3) is 0 Å². The molecule has 0 aliphatic heterocycles. The molecule has 0 fully saturated rings. The van der Waals surface area contributed by atoms with Crippen LogP contribution in [0.5, 0.6) is 0 Å². The summed E-state index contributed by atoms with van der Waals surface area (Å²) in [6.07, 6.45) is 0.969. The summed E-state index contributed by atoms with van der Waals surface area (Å²) in [4.78, 5) is 10.9. The first-order valence-corrected chi connectivity index (χ1v) is 4.06. The van der Waals surface area contributed by atoms with Gasteiger partial charge >= 0.3 is 5.97 Å². The monoisotopic (exact) mass is 175 g/mol. The van der Waals surface area contributed by atoms with Gasteiger partial charge in [-0.15, -0.1) is 0 Å². The number of aliphatic hydroxyl groups is 1. The minimum atomic E-state index is -1.41. The second-order valence-electron chi connectivity index (χ2n) is 2.94. The highest BCUT2D eigenvalue weighted by Gasteiger charge is 2.30. The second-order valence-corrected chi connectivity index (χ2v) is 2.94. The average molecular weight is 175 g/mol. The highest BCUT2D eigenvalue weighted by atomic mass is 16.5. The van der Waals surface area contributed by atoms with Crippen molar-refractivity contribution in [2.45, 2.75) is 25.9 Å². The predicted molar refractivity (Wildman–Crippen MR) is 45.8 cm³/mol. The highest BCUT2D eigenvalue weighted by molar-refractivity contribution is 5.78. The van der Waals surface area contributed by atoms with Gasteiger partial charge in [-0.3, -0.25) is 0 Å². The van der Waals surface area contributed by atoms with Crippen LogP contribution in [0.3, 0.4) is 0 Å². The van der Waals surface area contributed by atoms with Crippen molar-refractivity contribution in [3.8, 4) is 0 Å². The number of rotatable bonds is 5. The topological polar surface area (TPSA) is 58.6 Å². The lowest BCUT2D eigenvalue weighted by Crippen LogP contribution is -2.45. The summed E-state index contributed by atoms with van der Waals surface area (Å²) < 4.78 is 4.42. The molecule has 2 N–H and O–H groups in total. The molecule has 0 aliphatic carbocycles. The molecule has 72 valence electrons. The zero-order valence-electron chi connectivity index (χ0n) is 7.89. The van der Waals surface area contributed by atoms with Crippen LogP contribution in [-0.4, -0.2) is 36.9 Å². The van der Waals surface area contributed by atoms with Crippen molar-refractivity contribution in [3.63, 3.8) is 0 Å². The molecule has 0 radical (unpaired) electrons. The molecule has 0 rings (SSSR count). The Bertz CT molecular complexity index is 145. The summed E-state index contributed by atoms with van der Waals surface area (Å²) in [5.74, 6) is -0.605. The Morgan fingerprint density at radius 1 is 1.67 bits per heavy atom. The van der Waals surface area contributed by atoms with E-state index in [1.54, 1.807) is 0 Å². The Morgan fingerprint density at radius 2 is 2.25 bits per heavy atom. The van der Waals surface area contributed by atoms with E-state index in [1.807, 2.05) is 6.92 Å². The lowest BCUT2D eigenvalue weighted by Gasteiger charge is -2.20. The van der Waals surface area contributed by atoms with Crippen LogP contribution in [0.2, 0.25) is 0 Å². The Hall–Kier alpha value is -0.610. The number of carbonyl (C=O) groups is 1. The van der Waals surface area contributed by atoms with Gasteiger partial charge in [-0.1, -0.05) is 6.92 Å². The first kappa shape index (κ1) is 11.4. The van der Waals surface area contributed by atoms with Crippen LogP contribution in [0, 0.1) is 0 Å². The molecule has 0 spiro atoms. The molecule has 0 amide bonds. The molecule has 0 saturated heterocycles. The zero-order valence-corrected chi connectivity index (χ0v) is 7.89. The average Bonchev–Trinajstić information content (AvgIpc) is 2.03. The maximum Gasteiger partial charge on any atom is 0.338 e. The van der Waals surface area contributed by atoms with Crippen molar-refractivity contribution in [1.82, 2.24) is 5.32 Å². The third kappa shape index (κ3) is 3.69. The molecular formula is C8H17NO3. The summed E-state index contributed by atoms with van der Waals surface area (Å²) >= 11 is 0. The second kappa shape index (κ2) is 5.11. The van der Waals surface area contributed by atoms with E-state index >= 15 is 0 Å². The lowest BCUT2D eigenvalue weighted by atomic mass is 10.1. The van der Waals surface area contributed by atoms with Crippen LogP contribution in [0.4, 0.5) is 0 Å². The van der Waals surface area contributed by atoms with Crippen molar-refractivity contribution in [2.75, 3.05) is 20.2 Å². The normalized spacial score (nSPS) is 15.3. The van der Waals surface area contributed by atoms with Crippen molar-refractivity contribution in [2.24, 2.45) is 0 Å². The molecular weight excluding hydrogens is 158 g/mol. The maximum absolute atomic E-state index is 10.9. The van der Waals surface area contributed by atoms with Gasteiger partial charge in [0.2, 0.25) is 0 Å². The van der Waals surface area contributed by atoms with Gasteiger partial charge in [-0.25, -0.2) is 4.79 Å². The van der Waals surface area contributed by atoms with Gasteiger partial charge in [0.1, 0.15) is 0 Å². The van der Waals surface area contributed by atoms with E-state index in [0.717, 1.165) is 13.0 Å². The smallest absolute Gasteiger partial charge is 0.338 e. The van der Waals surface area contributed by atoms with Crippen LogP contribution in [0.25, 0.3) is 0 Å². The summed E-state index contributed by atoms with van der Waals surface area (Å²) in [5.41, 5.74) is -1.41. The maximum atomic E-state index is 10.9. The molecule has 4 heteroatoms. The van der Waals surface area contributed by atoms with E-state index in [1.165, 1.54) is 14.0 Å². The molecule has 0 heterocycles. The SMILES string of the molecule is CCCNCC(C)(O)C(=O)OC. The molecule has 1 unspecified atom stereocenters. The molecule has 0 aliphatic rings. The van der Waals surface area contributed by atoms with E-state index in [0.29, 0.717) is 0 Å².